The molecule has 2 atom stereocenters. The van der Waals surface area contributed by atoms with E-state index >= 15 is 0 Å². The van der Waals surface area contributed by atoms with E-state index in [1.54, 1.807) is 37.3 Å². The van der Waals surface area contributed by atoms with E-state index in [2.05, 4.69) is 5.32 Å². The Balaban J connectivity index is 2.06. The molecule has 3 aromatic carbocycles. The Morgan fingerprint density at radius 3 is 1.95 bits per heavy atom. The molecule has 2 amide bonds. The maximum atomic E-state index is 14.1. The fourth-order valence-corrected chi connectivity index (χ4v) is 5.75. The summed E-state index contributed by atoms with van der Waals surface area (Å²) in [7, 11) is -4.10. The van der Waals surface area contributed by atoms with Gasteiger partial charge in [-0.1, -0.05) is 66.6 Å². The molecule has 3 aromatic rings. The van der Waals surface area contributed by atoms with Crippen LogP contribution in [0.15, 0.2) is 71.6 Å². The smallest absolute Gasteiger partial charge is 0.264 e. The van der Waals surface area contributed by atoms with Crippen LogP contribution in [0.3, 0.4) is 0 Å². The number of benzene rings is 3. The monoisotopic (exact) mass is 563 g/mol. The van der Waals surface area contributed by atoms with Crippen LogP contribution in [0.25, 0.3) is 0 Å². The second-order valence-electron chi connectivity index (χ2n) is 10.6. The summed E-state index contributed by atoms with van der Waals surface area (Å²) in [5.74, 6) is -0.751. The van der Waals surface area contributed by atoms with Crippen LogP contribution in [0.5, 0.6) is 0 Å². The molecule has 8 heteroatoms. The number of aryl methyl sites for hydroxylation is 4. The third-order valence-electron chi connectivity index (χ3n) is 7.16. The lowest BCUT2D eigenvalue weighted by Gasteiger charge is -2.33. The predicted molar refractivity (Wildman–Crippen MR) is 161 cm³/mol. The molecular formula is C32H41N3O4S. The maximum Gasteiger partial charge on any atom is 0.264 e. The van der Waals surface area contributed by atoms with E-state index in [9.17, 15) is 18.0 Å². The number of nitrogens with one attached hydrogen (secondary N) is 1. The van der Waals surface area contributed by atoms with Crippen LogP contribution in [0.2, 0.25) is 0 Å². The van der Waals surface area contributed by atoms with Gasteiger partial charge < -0.3 is 10.2 Å². The van der Waals surface area contributed by atoms with Gasteiger partial charge in [0.25, 0.3) is 10.0 Å². The quantitative estimate of drug-likeness (QED) is 0.336. The van der Waals surface area contributed by atoms with Gasteiger partial charge in [-0.15, -0.1) is 0 Å². The second-order valence-corrected chi connectivity index (χ2v) is 12.5. The molecule has 1 N–H and O–H groups in total. The molecule has 0 aromatic heterocycles. The summed E-state index contributed by atoms with van der Waals surface area (Å²) in [5.41, 5.74) is 4.88. The number of carbonyl (C=O) groups is 2. The van der Waals surface area contributed by atoms with Gasteiger partial charge >= 0.3 is 0 Å². The van der Waals surface area contributed by atoms with Crippen molar-refractivity contribution in [3.05, 3.63) is 94.5 Å². The number of sulfonamides is 1. The highest BCUT2D eigenvalue weighted by atomic mass is 32.2. The zero-order valence-electron chi connectivity index (χ0n) is 24.6. The fourth-order valence-electron chi connectivity index (χ4n) is 4.28. The Morgan fingerprint density at radius 1 is 0.825 bits per heavy atom. The van der Waals surface area contributed by atoms with Gasteiger partial charge in [-0.3, -0.25) is 13.9 Å². The second kappa shape index (κ2) is 13.1. The summed E-state index contributed by atoms with van der Waals surface area (Å²) in [6.45, 7) is 12.9. The SMILES string of the molecule is CC[C@@H](C)NC(=O)[C@H](C)N(Cc1ccc(C)cc1)C(=O)CN(c1cc(C)ccc1C)S(=O)(=O)c1ccc(C)cc1. The molecule has 0 unspecified atom stereocenters. The highest BCUT2D eigenvalue weighted by Crippen LogP contribution is 2.28. The molecule has 0 radical (unpaired) electrons. The van der Waals surface area contributed by atoms with Crippen molar-refractivity contribution >= 4 is 27.5 Å². The third kappa shape index (κ3) is 7.50. The molecule has 0 aliphatic heterocycles. The first-order chi connectivity index (χ1) is 18.8. The van der Waals surface area contributed by atoms with E-state index in [0.717, 1.165) is 34.2 Å². The first kappa shape index (κ1) is 30.9. The van der Waals surface area contributed by atoms with Crippen molar-refractivity contribution in [2.75, 3.05) is 10.8 Å². The lowest BCUT2D eigenvalue weighted by molar-refractivity contribution is -0.139. The minimum absolute atomic E-state index is 0.0559. The molecule has 0 saturated carbocycles. The van der Waals surface area contributed by atoms with Crippen LogP contribution >= 0.6 is 0 Å². The molecule has 0 heterocycles. The van der Waals surface area contributed by atoms with Crippen molar-refractivity contribution < 1.29 is 18.0 Å². The molecule has 214 valence electrons. The van der Waals surface area contributed by atoms with Crippen molar-refractivity contribution in [2.45, 2.75) is 78.4 Å². The normalized spacial score (nSPS) is 12.9. The highest BCUT2D eigenvalue weighted by Gasteiger charge is 2.33. The summed E-state index contributed by atoms with van der Waals surface area (Å²) in [6, 6.07) is 19.0. The van der Waals surface area contributed by atoms with E-state index in [1.165, 1.54) is 9.21 Å². The Kier molecular flexibility index (Phi) is 10.1. The van der Waals surface area contributed by atoms with Crippen molar-refractivity contribution in [2.24, 2.45) is 0 Å². The molecule has 0 bridgehead atoms. The molecule has 40 heavy (non-hydrogen) atoms. The molecule has 3 rings (SSSR count). The molecule has 7 nitrogen and oxygen atoms in total. The van der Waals surface area contributed by atoms with Crippen LogP contribution < -0.4 is 9.62 Å². The molecule has 0 aliphatic rings. The van der Waals surface area contributed by atoms with Gasteiger partial charge in [-0.25, -0.2) is 8.42 Å². The van der Waals surface area contributed by atoms with Gasteiger partial charge in [0.15, 0.2) is 0 Å². The van der Waals surface area contributed by atoms with Gasteiger partial charge in [0.2, 0.25) is 11.8 Å². The molecule has 0 aliphatic carbocycles. The summed E-state index contributed by atoms with van der Waals surface area (Å²) in [5, 5.41) is 2.96. The first-order valence-electron chi connectivity index (χ1n) is 13.7. The average molecular weight is 564 g/mol. The van der Waals surface area contributed by atoms with Crippen molar-refractivity contribution in [1.29, 1.82) is 0 Å². The molecule has 0 fully saturated rings. The summed E-state index contributed by atoms with van der Waals surface area (Å²) < 4.78 is 29.2. The number of carbonyl (C=O) groups excluding carboxylic acids is 2. The number of anilines is 1. The van der Waals surface area contributed by atoms with Gasteiger partial charge in [0.05, 0.1) is 10.6 Å². The van der Waals surface area contributed by atoms with E-state index in [1.807, 2.05) is 77.9 Å². The zero-order chi connectivity index (χ0) is 29.6. The number of nitrogens with zero attached hydrogens (tertiary/aromatic N) is 2. The lowest BCUT2D eigenvalue weighted by atomic mass is 10.1. The Hall–Kier alpha value is -3.65. The van der Waals surface area contributed by atoms with Gasteiger partial charge in [-0.2, -0.15) is 0 Å². The topological polar surface area (TPSA) is 86.8 Å². The predicted octanol–water partition coefficient (Wildman–Crippen LogP) is 5.45. The minimum atomic E-state index is -4.10. The van der Waals surface area contributed by atoms with Crippen molar-refractivity contribution in [3.63, 3.8) is 0 Å². The van der Waals surface area contributed by atoms with Gasteiger partial charge in [0.1, 0.15) is 12.6 Å². The summed E-state index contributed by atoms with van der Waals surface area (Å²) >= 11 is 0. The number of hydrogen-bond donors (Lipinski definition) is 1. The van der Waals surface area contributed by atoms with Crippen molar-refractivity contribution in [3.8, 4) is 0 Å². The van der Waals surface area contributed by atoms with Crippen LogP contribution in [0.4, 0.5) is 5.69 Å². The average Bonchev–Trinajstić information content (AvgIpc) is 2.92. The van der Waals surface area contributed by atoms with Gasteiger partial charge in [0, 0.05) is 12.6 Å². The van der Waals surface area contributed by atoms with Crippen LogP contribution in [0.1, 0.15) is 55.0 Å². The van der Waals surface area contributed by atoms with E-state index in [0.29, 0.717) is 5.69 Å². The fraction of sp³-hybridized carbons (Fsp3) is 0.375. The van der Waals surface area contributed by atoms with E-state index in [-0.39, 0.29) is 23.4 Å². The highest BCUT2D eigenvalue weighted by molar-refractivity contribution is 7.92. The standard InChI is InChI=1S/C32H41N3O4S/c1-8-26(6)33-32(37)27(7)34(20-28-15-10-22(2)11-16-28)31(36)21-35(30-19-24(4)9-14-25(30)5)40(38,39)29-17-12-23(3)13-18-29/h9-19,26-27H,8,20-21H2,1-7H3,(H,33,37)/t26-,27+/m1/s1. The van der Waals surface area contributed by atoms with Crippen LogP contribution in [-0.4, -0.2) is 43.8 Å². The summed E-state index contributed by atoms with van der Waals surface area (Å²) in [6.07, 6.45) is 0.750. The van der Waals surface area contributed by atoms with E-state index < -0.39 is 28.5 Å². The van der Waals surface area contributed by atoms with Crippen LogP contribution in [0, 0.1) is 27.7 Å². The zero-order valence-corrected chi connectivity index (χ0v) is 25.4. The number of hydrogen-bond acceptors (Lipinski definition) is 4. The Morgan fingerprint density at radius 2 is 1.38 bits per heavy atom. The van der Waals surface area contributed by atoms with Crippen molar-refractivity contribution in [1.82, 2.24) is 10.2 Å². The Labute approximate surface area is 239 Å². The van der Waals surface area contributed by atoms with Gasteiger partial charge in [-0.05, 0) is 82.9 Å². The number of amides is 2. The third-order valence-corrected chi connectivity index (χ3v) is 8.94. The van der Waals surface area contributed by atoms with Crippen LogP contribution in [-0.2, 0) is 26.2 Å². The molecule has 0 spiro atoms. The number of rotatable bonds is 11. The maximum absolute atomic E-state index is 14.1. The largest absolute Gasteiger partial charge is 0.352 e. The molecular weight excluding hydrogens is 522 g/mol. The molecule has 0 saturated heterocycles. The summed E-state index contributed by atoms with van der Waals surface area (Å²) in [4.78, 5) is 28.8. The first-order valence-corrected chi connectivity index (χ1v) is 15.1. The lowest BCUT2D eigenvalue weighted by Crippen LogP contribution is -2.52. The Bertz CT molecular complexity index is 1430. The van der Waals surface area contributed by atoms with E-state index in [4.69, 9.17) is 0 Å². The minimum Gasteiger partial charge on any atom is -0.352 e.